The van der Waals surface area contributed by atoms with E-state index >= 15 is 0 Å². The van der Waals surface area contributed by atoms with Crippen LogP contribution in [0, 0.1) is 35.5 Å². The SMILES string of the molecule is ClC1=C[C@@H]2C[C@H]([C@@H]3C[C@@H]4[C@@H]([C@H]32)C4(Cl)Cl)[C@H]1Cl. The summed E-state index contributed by atoms with van der Waals surface area (Å²) >= 11 is 25.2. The van der Waals surface area contributed by atoms with Crippen molar-refractivity contribution in [3.8, 4) is 0 Å². The molecular weight excluding hydrogens is 286 g/mol. The summed E-state index contributed by atoms with van der Waals surface area (Å²) in [6, 6.07) is 0. The molecule has 2 bridgehead atoms. The first-order chi connectivity index (χ1) is 7.51. The van der Waals surface area contributed by atoms with E-state index in [9.17, 15) is 0 Å². The van der Waals surface area contributed by atoms with Gasteiger partial charge in [-0.25, -0.2) is 0 Å². The van der Waals surface area contributed by atoms with Crippen molar-refractivity contribution in [1.82, 2.24) is 0 Å². The highest BCUT2D eigenvalue weighted by molar-refractivity contribution is 6.51. The van der Waals surface area contributed by atoms with Crippen LogP contribution in [0.1, 0.15) is 12.8 Å². The molecular formula is C12H12Cl4. The van der Waals surface area contributed by atoms with Crippen LogP contribution in [0.5, 0.6) is 0 Å². The number of halogens is 4. The second-order valence-electron chi connectivity index (χ2n) is 5.80. The van der Waals surface area contributed by atoms with E-state index in [0.717, 1.165) is 11.5 Å². The van der Waals surface area contributed by atoms with Crippen molar-refractivity contribution in [2.45, 2.75) is 22.6 Å². The van der Waals surface area contributed by atoms with Crippen LogP contribution in [0.15, 0.2) is 11.1 Å². The standard InChI is InChI=1S/C12H12Cl4/c13-8-2-4-1-6(11(8)14)5-3-7-10(9(4)5)12(7,15)16/h2,4-7,9-11H,1,3H2/t4-,5-,6+,7+,9-,10-,11+/m0/s1. The Balaban J connectivity index is 1.72. The Labute approximate surface area is 115 Å². The zero-order valence-corrected chi connectivity index (χ0v) is 11.6. The molecule has 0 radical (unpaired) electrons. The van der Waals surface area contributed by atoms with E-state index in [1.54, 1.807) is 0 Å². The maximum atomic E-state index is 6.39. The Morgan fingerprint density at radius 2 is 1.94 bits per heavy atom. The highest BCUT2D eigenvalue weighted by Gasteiger charge is 2.75. The average molecular weight is 298 g/mol. The van der Waals surface area contributed by atoms with Crippen LogP contribution in [-0.2, 0) is 0 Å². The molecule has 0 aromatic carbocycles. The summed E-state index contributed by atoms with van der Waals surface area (Å²) < 4.78 is -0.444. The molecule has 16 heavy (non-hydrogen) atoms. The second-order valence-corrected chi connectivity index (χ2v) is 8.15. The number of hydrogen-bond acceptors (Lipinski definition) is 0. The summed E-state index contributed by atoms with van der Waals surface area (Å²) in [4.78, 5) is 0. The van der Waals surface area contributed by atoms with Crippen LogP contribution in [0.4, 0.5) is 0 Å². The molecule has 88 valence electrons. The fraction of sp³-hybridized carbons (Fsp3) is 0.833. The van der Waals surface area contributed by atoms with Crippen LogP contribution in [0.2, 0.25) is 0 Å². The van der Waals surface area contributed by atoms with Crippen molar-refractivity contribution in [2.75, 3.05) is 0 Å². The molecule has 0 saturated heterocycles. The van der Waals surface area contributed by atoms with Crippen molar-refractivity contribution in [2.24, 2.45) is 35.5 Å². The number of hydrogen-bond donors (Lipinski definition) is 0. The third-order valence-electron chi connectivity index (χ3n) is 5.30. The van der Waals surface area contributed by atoms with Crippen LogP contribution in [0.25, 0.3) is 0 Å². The van der Waals surface area contributed by atoms with Gasteiger partial charge in [-0.2, -0.15) is 0 Å². The molecule has 0 heterocycles. The summed E-state index contributed by atoms with van der Waals surface area (Å²) in [7, 11) is 0. The lowest BCUT2D eigenvalue weighted by Crippen LogP contribution is -2.23. The minimum Gasteiger partial charge on any atom is -0.117 e. The largest absolute Gasteiger partial charge is 0.125 e. The van der Waals surface area contributed by atoms with Gasteiger partial charge < -0.3 is 0 Å². The molecule has 3 saturated carbocycles. The Kier molecular flexibility index (Phi) is 2.07. The van der Waals surface area contributed by atoms with Crippen molar-refractivity contribution < 1.29 is 0 Å². The van der Waals surface area contributed by atoms with Gasteiger partial charge in [0.2, 0.25) is 0 Å². The lowest BCUT2D eigenvalue weighted by Gasteiger charge is -2.25. The maximum absolute atomic E-state index is 6.39. The van der Waals surface area contributed by atoms with E-state index in [2.05, 4.69) is 6.08 Å². The Bertz CT molecular complexity index is 388. The van der Waals surface area contributed by atoms with E-state index in [1.165, 1.54) is 6.42 Å². The lowest BCUT2D eigenvalue weighted by atomic mass is 9.86. The molecule has 0 unspecified atom stereocenters. The minimum atomic E-state index is -0.444. The van der Waals surface area contributed by atoms with Gasteiger partial charge in [-0.3, -0.25) is 0 Å². The number of rotatable bonds is 0. The monoisotopic (exact) mass is 296 g/mol. The fourth-order valence-corrected chi connectivity index (χ4v) is 6.27. The lowest BCUT2D eigenvalue weighted by molar-refractivity contribution is 0.309. The van der Waals surface area contributed by atoms with Gasteiger partial charge in [0.25, 0.3) is 0 Å². The predicted molar refractivity (Wildman–Crippen MR) is 68.2 cm³/mol. The molecule has 0 aliphatic heterocycles. The van der Waals surface area contributed by atoms with Gasteiger partial charge >= 0.3 is 0 Å². The van der Waals surface area contributed by atoms with Crippen LogP contribution < -0.4 is 0 Å². The smallest absolute Gasteiger partial charge is 0.117 e. The van der Waals surface area contributed by atoms with Gasteiger partial charge in [0, 0.05) is 11.0 Å². The zero-order chi connectivity index (χ0) is 11.2. The van der Waals surface area contributed by atoms with Gasteiger partial charge in [-0.05, 0) is 42.4 Å². The predicted octanol–water partition coefficient (Wildman–Crippen LogP) is 4.42. The molecule has 7 atom stereocenters. The molecule has 4 aliphatic carbocycles. The normalized spacial score (nSPS) is 60.2. The Morgan fingerprint density at radius 3 is 2.69 bits per heavy atom. The fourth-order valence-electron chi connectivity index (χ4n) is 4.67. The van der Waals surface area contributed by atoms with Crippen molar-refractivity contribution in [3.05, 3.63) is 11.1 Å². The highest BCUT2D eigenvalue weighted by Crippen LogP contribution is 2.76. The molecule has 0 amide bonds. The molecule has 4 heteroatoms. The van der Waals surface area contributed by atoms with E-state index < -0.39 is 4.33 Å². The van der Waals surface area contributed by atoms with Gasteiger partial charge in [-0.15, -0.1) is 34.8 Å². The van der Waals surface area contributed by atoms with E-state index in [1.807, 2.05) is 0 Å². The number of fused-ring (bicyclic) bond motifs is 7. The topological polar surface area (TPSA) is 0 Å². The average Bonchev–Trinajstić information content (AvgIpc) is 2.63. The molecule has 0 nitrogen and oxygen atoms in total. The molecule has 0 aromatic heterocycles. The van der Waals surface area contributed by atoms with Gasteiger partial charge in [-0.1, -0.05) is 17.7 Å². The molecule has 0 aromatic rings. The second kappa shape index (κ2) is 3.07. The van der Waals surface area contributed by atoms with Crippen molar-refractivity contribution >= 4 is 46.4 Å². The molecule has 0 spiro atoms. The van der Waals surface area contributed by atoms with Crippen molar-refractivity contribution in [1.29, 1.82) is 0 Å². The highest BCUT2D eigenvalue weighted by atomic mass is 35.5. The van der Waals surface area contributed by atoms with Crippen molar-refractivity contribution in [3.63, 3.8) is 0 Å². The summed E-state index contributed by atoms with van der Waals surface area (Å²) in [5.74, 6) is 3.50. The van der Waals surface area contributed by atoms with Gasteiger partial charge in [0.15, 0.2) is 0 Å². The Hall–Kier alpha value is 0.900. The summed E-state index contributed by atoms with van der Waals surface area (Å²) in [6.07, 6.45) is 4.52. The maximum Gasteiger partial charge on any atom is 0.125 e. The summed E-state index contributed by atoms with van der Waals surface area (Å²) in [6.45, 7) is 0. The number of alkyl halides is 3. The Morgan fingerprint density at radius 1 is 1.19 bits per heavy atom. The number of allylic oxidation sites excluding steroid dienone is 2. The molecule has 4 aliphatic rings. The molecule has 4 rings (SSSR count). The third-order valence-corrected chi connectivity index (χ3v) is 7.40. The first-order valence-electron chi connectivity index (χ1n) is 5.91. The molecule has 0 N–H and O–H groups in total. The summed E-state index contributed by atoms with van der Waals surface area (Å²) in [5, 5.41) is 0.884. The van der Waals surface area contributed by atoms with Crippen LogP contribution in [0.3, 0.4) is 0 Å². The van der Waals surface area contributed by atoms with E-state index in [-0.39, 0.29) is 5.38 Å². The van der Waals surface area contributed by atoms with Gasteiger partial charge in [0.1, 0.15) is 4.33 Å². The van der Waals surface area contributed by atoms with E-state index in [4.69, 9.17) is 46.4 Å². The first-order valence-corrected chi connectivity index (χ1v) is 7.48. The van der Waals surface area contributed by atoms with Crippen LogP contribution in [-0.4, -0.2) is 9.71 Å². The minimum absolute atomic E-state index is 0.0328. The summed E-state index contributed by atoms with van der Waals surface area (Å²) in [5.41, 5.74) is 0. The first kappa shape index (κ1) is 10.8. The zero-order valence-electron chi connectivity index (χ0n) is 8.54. The quantitative estimate of drug-likeness (QED) is 0.581. The van der Waals surface area contributed by atoms with Gasteiger partial charge in [0.05, 0.1) is 5.38 Å². The van der Waals surface area contributed by atoms with E-state index in [0.29, 0.717) is 35.5 Å². The molecule has 3 fully saturated rings. The van der Waals surface area contributed by atoms with Crippen LogP contribution >= 0.6 is 46.4 Å². The third kappa shape index (κ3) is 1.11.